The molecule has 0 spiro atoms. The summed E-state index contributed by atoms with van der Waals surface area (Å²) in [5.41, 5.74) is 3.94. The van der Waals surface area contributed by atoms with Crippen LogP contribution in [0.25, 0.3) is 10.9 Å². The molecule has 4 rings (SSSR count). The number of hydrogen-bond acceptors (Lipinski definition) is 1. The lowest BCUT2D eigenvalue weighted by Crippen LogP contribution is -2.10. The first-order valence-corrected chi connectivity index (χ1v) is 9.40. The Morgan fingerprint density at radius 1 is 1.00 bits per heavy atom. The van der Waals surface area contributed by atoms with Crippen LogP contribution in [0.2, 0.25) is 0 Å². The third-order valence-electron chi connectivity index (χ3n) is 4.57. The van der Waals surface area contributed by atoms with Crippen molar-refractivity contribution in [2.75, 3.05) is 20.1 Å². The number of aryl methyl sites for hydroxylation is 1. The normalized spacial score (nSPS) is 14.6. The molecule has 3 heteroatoms. The number of rotatable bonds is 2. The molecule has 3 aromatic rings. The molecule has 0 radical (unpaired) electrons. The van der Waals surface area contributed by atoms with Crippen LogP contribution in [0, 0.1) is 6.92 Å². The molecule has 0 N–H and O–H groups in total. The molecule has 1 fully saturated rings. The van der Waals surface area contributed by atoms with E-state index in [4.69, 9.17) is 0 Å². The Morgan fingerprint density at radius 3 is 2.33 bits per heavy atom. The Hall–Kier alpha value is -1.58. The maximum atomic E-state index is 3.53. The first kappa shape index (κ1) is 17.2. The second kappa shape index (κ2) is 8.00. The Labute approximate surface area is 153 Å². The molecular formula is C21H25BrN2. The highest BCUT2D eigenvalue weighted by molar-refractivity contribution is 9.10. The first-order chi connectivity index (χ1) is 11.6. The summed E-state index contributed by atoms with van der Waals surface area (Å²) in [6.45, 7) is 5.73. The van der Waals surface area contributed by atoms with Gasteiger partial charge in [-0.2, -0.15) is 0 Å². The van der Waals surface area contributed by atoms with Gasteiger partial charge >= 0.3 is 0 Å². The second-order valence-electron chi connectivity index (χ2n) is 6.60. The van der Waals surface area contributed by atoms with E-state index >= 15 is 0 Å². The minimum absolute atomic E-state index is 0.923. The molecule has 2 nitrogen and oxygen atoms in total. The van der Waals surface area contributed by atoms with E-state index in [1.165, 1.54) is 48.0 Å². The summed E-state index contributed by atoms with van der Waals surface area (Å²) in [5, 5.41) is 1.32. The van der Waals surface area contributed by atoms with Crippen molar-refractivity contribution in [3.63, 3.8) is 0 Å². The third-order valence-corrected chi connectivity index (χ3v) is 5.06. The van der Waals surface area contributed by atoms with Gasteiger partial charge in [-0.05, 0) is 69.2 Å². The molecule has 0 unspecified atom stereocenters. The average Bonchev–Trinajstić information content (AvgIpc) is 3.17. The molecule has 0 bridgehead atoms. The largest absolute Gasteiger partial charge is 0.343 e. The predicted molar refractivity (Wildman–Crippen MR) is 107 cm³/mol. The van der Waals surface area contributed by atoms with Crippen molar-refractivity contribution in [2.45, 2.75) is 26.3 Å². The van der Waals surface area contributed by atoms with Crippen molar-refractivity contribution in [3.05, 3.63) is 70.3 Å². The zero-order valence-electron chi connectivity index (χ0n) is 14.5. The van der Waals surface area contributed by atoms with Gasteiger partial charge in [-0.15, -0.1) is 0 Å². The molecule has 24 heavy (non-hydrogen) atoms. The lowest BCUT2D eigenvalue weighted by atomic mass is 10.2. The van der Waals surface area contributed by atoms with Crippen molar-refractivity contribution < 1.29 is 0 Å². The number of aromatic nitrogens is 1. The highest BCUT2D eigenvalue weighted by Gasteiger charge is 2.06. The standard InChI is InChI=1S/C16H14BrN.C5H11N/c1-12-10-18(11-13-5-3-2-4-6-13)16-8-7-14(17)9-15(12)16;1-6-4-2-3-5-6/h2-10H,11H2,1H3;2-5H2,1H3. The molecule has 1 aliphatic rings. The quantitative estimate of drug-likeness (QED) is 0.568. The molecular weight excluding hydrogens is 360 g/mol. The van der Waals surface area contributed by atoms with Gasteiger partial charge in [0.05, 0.1) is 0 Å². The summed E-state index contributed by atoms with van der Waals surface area (Å²) < 4.78 is 3.45. The van der Waals surface area contributed by atoms with Crippen LogP contribution in [-0.4, -0.2) is 29.6 Å². The molecule has 1 aromatic heterocycles. The topological polar surface area (TPSA) is 8.17 Å². The fourth-order valence-electron chi connectivity index (χ4n) is 3.23. The first-order valence-electron chi connectivity index (χ1n) is 8.61. The van der Waals surface area contributed by atoms with Gasteiger partial charge in [0.25, 0.3) is 0 Å². The number of halogens is 1. The number of fused-ring (bicyclic) bond motifs is 1. The lowest BCUT2D eigenvalue weighted by molar-refractivity contribution is 0.418. The van der Waals surface area contributed by atoms with Crippen LogP contribution in [0.1, 0.15) is 24.0 Å². The maximum Gasteiger partial charge on any atom is 0.0486 e. The Bertz CT molecular complexity index is 786. The zero-order chi connectivity index (χ0) is 16.9. The molecule has 0 atom stereocenters. The Balaban J connectivity index is 0.000000238. The van der Waals surface area contributed by atoms with E-state index < -0.39 is 0 Å². The minimum Gasteiger partial charge on any atom is -0.343 e. The fraction of sp³-hybridized carbons (Fsp3) is 0.333. The molecule has 0 saturated carbocycles. The van der Waals surface area contributed by atoms with Crippen LogP contribution < -0.4 is 0 Å². The van der Waals surface area contributed by atoms with Crippen LogP contribution in [0.4, 0.5) is 0 Å². The highest BCUT2D eigenvalue weighted by atomic mass is 79.9. The Kier molecular flexibility index (Phi) is 5.75. The number of benzene rings is 2. The Morgan fingerprint density at radius 2 is 1.71 bits per heavy atom. The predicted octanol–water partition coefficient (Wildman–Crippen LogP) is 5.47. The molecule has 1 saturated heterocycles. The third kappa shape index (κ3) is 4.28. The van der Waals surface area contributed by atoms with Crippen molar-refractivity contribution in [3.8, 4) is 0 Å². The smallest absolute Gasteiger partial charge is 0.0486 e. The summed E-state index contributed by atoms with van der Waals surface area (Å²) in [5.74, 6) is 0. The summed E-state index contributed by atoms with van der Waals surface area (Å²) >= 11 is 3.53. The van der Waals surface area contributed by atoms with E-state index in [1.807, 2.05) is 0 Å². The van der Waals surface area contributed by atoms with E-state index in [1.54, 1.807) is 0 Å². The highest BCUT2D eigenvalue weighted by Crippen LogP contribution is 2.25. The van der Waals surface area contributed by atoms with E-state index in [0.29, 0.717) is 0 Å². The average molecular weight is 385 g/mol. The van der Waals surface area contributed by atoms with Crippen LogP contribution in [-0.2, 0) is 6.54 Å². The lowest BCUT2D eigenvalue weighted by Gasteiger charge is -2.05. The van der Waals surface area contributed by atoms with Crippen molar-refractivity contribution in [2.24, 2.45) is 0 Å². The maximum absolute atomic E-state index is 3.53. The molecule has 0 aliphatic carbocycles. The molecule has 1 aliphatic heterocycles. The van der Waals surface area contributed by atoms with Crippen molar-refractivity contribution >= 4 is 26.8 Å². The zero-order valence-corrected chi connectivity index (χ0v) is 16.1. The second-order valence-corrected chi connectivity index (χ2v) is 7.51. The van der Waals surface area contributed by atoms with Gasteiger partial charge in [0.2, 0.25) is 0 Å². The summed E-state index contributed by atoms with van der Waals surface area (Å²) in [7, 11) is 2.17. The van der Waals surface area contributed by atoms with Crippen molar-refractivity contribution in [1.29, 1.82) is 0 Å². The molecule has 2 heterocycles. The SMILES string of the molecule is CN1CCCC1.Cc1cn(Cc2ccccc2)c2ccc(Br)cc12. The number of hydrogen-bond donors (Lipinski definition) is 0. The summed E-state index contributed by atoms with van der Waals surface area (Å²) in [4.78, 5) is 2.36. The van der Waals surface area contributed by atoms with Crippen LogP contribution in [0.5, 0.6) is 0 Å². The summed E-state index contributed by atoms with van der Waals surface area (Å²) in [6.07, 6.45) is 5.05. The van der Waals surface area contributed by atoms with Gasteiger partial charge in [0, 0.05) is 28.1 Å². The van der Waals surface area contributed by atoms with E-state index in [9.17, 15) is 0 Å². The molecule has 0 amide bonds. The van der Waals surface area contributed by atoms with E-state index in [2.05, 4.69) is 94.1 Å². The number of likely N-dealkylation sites (tertiary alicyclic amines) is 1. The number of nitrogens with zero attached hydrogens (tertiary/aromatic N) is 2. The van der Waals surface area contributed by atoms with Gasteiger partial charge in [0.1, 0.15) is 0 Å². The monoisotopic (exact) mass is 384 g/mol. The molecule has 126 valence electrons. The van der Waals surface area contributed by atoms with Gasteiger partial charge in [0.15, 0.2) is 0 Å². The minimum atomic E-state index is 0.923. The van der Waals surface area contributed by atoms with E-state index in [0.717, 1.165) is 11.0 Å². The van der Waals surface area contributed by atoms with Crippen LogP contribution in [0.3, 0.4) is 0 Å². The van der Waals surface area contributed by atoms with Crippen molar-refractivity contribution in [1.82, 2.24) is 9.47 Å². The van der Waals surface area contributed by atoms with Gasteiger partial charge in [-0.25, -0.2) is 0 Å². The van der Waals surface area contributed by atoms with Gasteiger partial charge < -0.3 is 9.47 Å². The van der Waals surface area contributed by atoms with E-state index in [-0.39, 0.29) is 0 Å². The van der Waals surface area contributed by atoms with Crippen LogP contribution >= 0.6 is 15.9 Å². The van der Waals surface area contributed by atoms with Gasteiger partial charge in [-0.1, -0.05) is 46.3 Å². The van der Waals surface area contributed by atoms with Crippen LogP contribution in [0.15, 0.2) is 59.2 Å². The summed E-state index contributed by atoms with van der Waals surface area (Å²) in [6, 6.07) is 17.0. The molecule has 2 aromatic carbocycles. The fourth-order valence-corrected chi connectivity index (χ4v) is 3.59. The van der Waals surface area contributed by atoms with Gasteiger partial charge in [-0.3, -0.25) is 0 Å².